The smallest absolute Gasteiger partial charge is 0.313 e. The van der Waals surface area contributed by atoms with Gasteiger partial charge in [-0.05, 0) is 102 Å². The van der Waals surface area contributed by atoms with Crippen molar-refractivity contribution < 1.29 is 45.1 Å². The van der Waals surface area contributed by atoms with Gasteiger partial charge >= 0.3 is 5.69 Å². The number of carbonyl (C=O) groups excluding carboxylic acids is 1. The van der Waals surface area contributed by atoms with Crippen molar-refractivity contribution in [3.8, 4) is 5.75 Å². The Balaban J connectivity index is 0.000000141. The highest BCUT2D eigenvalue weighted by Gasteiger charge is 2.22. The molecular formula is C39H40N18O11. The van der Waals surface area contributed by atoms with Crippen molar-refractivity contribution in [3.05, 3.63) is 120 Å². The Kier molecular flexibility index (Phi) is 14.0. The van der Waals surface area contributed by atoms with Gasteiger partial charge in [0.05, 0.1) is 33.3 Å². The average molecular weight is 937 g/mol. The minimum atomic E-state index is -0.586. The van der Waals surface area contributed by atoms with Gasteiger partial charge in [-0.1, -0.05) is 38.4 Å². The molecule has 0 unspecified atom stereocenters. The zero-order chi connectivity index (χ0) is 49.6. The third kappa shape index (κ3) is 9.94. The van der Waals surface area contributed by atoms with E-state index in [1.807, 2.05) is 32.0 Å². The average Bonchev–Trinajstić information content (AvgIpc) is 4.14. The van der Waals surface area contributed by atoms with E-state index >= 15 is 0 Å². The van der Waals surface area contributed by atoms with Crippen molar-refractivity contribution in [1.29, 1.82) is 0 Å². The first-order valence-electron chi connectivity index (χ1n) is 19.8. The Morgan fingerprint density at radius 2 is 1.32 bits per heavy atom. The van der Waals surface area contributed by atoms with Gasteiger partial charge in [-0.2, -0.15) is 0 Å². The molecule has 0 amide bonds. The molecule has 29 nitrogen and oxygen atoms in total. The van der Waals surface area contributed by atoms with E-state index in [1.165, 1.54) is 29.8 Å². The van der Waals surface area contributed by atoms with Crippen molar-refractivity contribution in [2.45, 2.75) is 41.0 Å². The van der Waals surface area contributed by atoms with E-state index in [9.17, 15) is 40.6 Å². The molecule has 0 saturated carbocycles. The maximum Gasteiger partial charge on any atom is 0.313 e. The van der Waals surface area contributed by atoms with Gasteiger partial charge in [-0.25, -0.2) is 0 Å². The number of nitrogens with zero attached hydrogens (tertiary/aromatic N) is 17. The summed E-state index contributed by atoms with van der Waals surface area (Å²) >= 11 is 0. The largest absolute Gasteiger partial charge is 0.691 e. The number of Topliss-reactive ketones (excluding diaryl/α,β-unsaturated/α-hetero) is 1. The molecule has 5 heterocycles. The van der Waals surface area contributed by atoms with Gasteiger partial charge in [-0.3, -0.25) is 25.0 Å². The van der Waals surface area contributed by atoms with Crippen molar-refractivity contribution in [1.82, 2.24) is 70.5 Å². The van der Waals surface area contributed by atoms with Gasteiger partial charge in [0.15, 0.2) is 17.0 Å². The lowest BCUT2D eigenvalue weighted by Crippen LogP contribution is -2.29. The highest BCUT2D eigenvalue weighted by Crippen LogP contribution is 2.31. The van der Waals surface area contributed by atoms with Crippen molar-refractivity contribution in [2.75, 3.05) is 12.3 Å². The molecule has 29 heteroatoms. The van der Waals surface area contributed by atoms with Crippen LogP contribution in [-0.2, 0) is 13.5 Å². The molecule has 352 valence electrons. The van der Waals surface area contributed by atoms with Gasteiger partial charge in [-0.15, -0.1) is 29.9 Å². The van der Waals surface area contributed by atoms with Crippen LogP contribution in [0.25, 0.3) is 55.2 Å². The number of nitrogen functional groups attached to an aromatic ring is 1. The summed E-state index contributed by atoms with van der Waals surface area (Å²) in [6.07, 6.45) is 0.594. The first-order valence-corrected chi connectivity index (χ1v) is 19.8. The number of rotatable bonds is 6. The molecular weight excluding hydrogens is 897 g/mol. The lowest BCUT2D eigenvalue weighted by molar-refractivity contribution is -0.646. The first kappa shape index (κ1) is 47.6. The van der Waals surface area contributed by atoms with E-state index in [2.05, 4.69) is 46.5 Å². The number of hydrogen-bond donors (Lipinski definition) is 5. The number of ketones is 1. The molecule has 10 rings (SSSR count). The number of hydrogen-bond acceptors (Lipinski definition) is 21. The van der Waals surface area contributed by atoms with E-state index in [0.717, 1.165) is 15.9 Å². The number of fused-ring (bicyclic) bond motifs is 5. The Morgan fingerprint density at radius 3 is 1.93 bits per heavy atom. The Morgan fingerprint density at radius 1 is 0.735 bits per heavy atom. The maximum absolute atomic E-state index is 11.2. The third-order valence-corrected chi connectivity index (χ3v) is 9.89. The second-order valence-electron chi connectivity index (χ2n) is 14.2. The molecule has 0 aliphatic heterocycles. The van der Waals surface area contributed by atoms with E-state index in [-0.39, 0.29) is 28.4 Å². The topological polar surface area (TPSA) is 387 Å². The van der Waals surface area contributed by atoms with E-state index in [4.69, 9.17) is 20.9 Å². The molecule has 0 atom stereocenters. The molecule has 0 radical (unpaired) electrons. The minimum absolute atomic E-state index is 0.0260. The van der Waals surface area contributed by atoms with Crippen LogP contribution in [0, 0.1) is 39.3 Å². The Bertz CT molecular complexity index is 3440. The lowest BCUT2D eigenvalue weighted by atomic mass is 10.1. The van der Waals surface area contributed by atoms with Crippen LogP contribution < -0.4 is 15.3 Å². The molecule has 68 heavy (non-hydrogen) atoms. The predicted octanol–water partition coefficient (Wildman–Crippen LogP) is 4.06. The van der Waals surface area contributed by atoms with Crippen LogP contribution in [0.5, 0.6) is 5.75 Å². The SMILES string of the molecule is CC(=O)c1ccc2nnn(O)c2c1.CCOc1cc2nnn(O)c2cc1[N+](=O)[O-].CCc1cc([N+](=O)[O-])c(C)c2c1nnn2O.Cc1cc2c(cc1N)[n+]([O-])nn2C.On1nnc2ccccc21. The molecule has 0 fully saturated rings. The number of aromatic nitrogens is 15. The fourth-order valence-corrected chi connectivity index (χ4v) is 6.39. The van der Waals surface area contributed by atoms with E-state index in [1.54, 1.807) is 57.3 Å². The number of nitrogens with two attached hydrogens (primary N) is 1. The summed E-state index contributed by atoms with van der Waals surface area (Å²) in [5.74, 6) is 0.0589. The molecule has 0 spiro atoms. The lowest BCUT2D eigenvalue weighted by Gasteiger charge is -2.03. The summed E-state index contributed by atoms with van der Waals surface area (Å²) in [6, 6.07) is 19.6. The fourth-order valence-electron chi connectivity index (χ4n) is 6.39. The van der Waals surface area contributed by atoms with Crippen LogP contribution in [-0.4, -0.2) is 114 Å². The number of anilines is 1. The minimum Gasteiger partial charge on any atom is -0.691 e. The number of ether oxygens (including phenoxy) is 1. The molecule has 5 aromatic carbocycles. The Hall–Kier alpha value is -9.83. The molecule has 10 aromatic rings. The second-order valence-corrected chi connectivity index (χ2v) is 14.2. The van der Waals surface area contributed by atoms with E-state index in [0.29, 0.717) is 98.9 Å². The summed E-state index contributed by atoms with van der Waals surface area (Å²) in [7, 11) is 1.73. The standard InChI is InChI=1S/C9H10N4O3.C8H8N4O4.C8H10N4O.C8H7N3O2.C6H5N3O/c1-3-6-4-7(13(15)16)5(2)9-8(6)10-11-12(9)14;1-2-16-8-3-5-6(11(13)10-9-5)4-7(8)12(14)15;1-5-3-7-8(4-6(5)9)12(13)10-11(7)2;1-5(12)6-2-3-7-8(4-6)11(13)10-9-7;10-9-6-4-2-1-3-5(6)7-8-9/h4,14H,3H2,1-2H3;3-4,13H,2H2,1H3;3-4H,9H2,1-2H3;2-4,13H,1H3;1-4,10H. The Labute approximate surface area is 379 Å². The number of nitro benzene ring substituents is 2. The zero-order valence-electron chi connectivity index (χ0n) is 36.7. The van der Waals surface area contributed by atoms with Crippen LogP contribution in [0.15, 0.2) is 72.8 Å². The first-order chi connectivity index (χ1) is 32.3. The maximum atomic E-state index is 11.2. The monoisotopic (exact) mass is 936 g/mol. The van der Waals surface area contributed by atoms with Gasteiger partial charge < -0.3 is 36.5 Å². The van der Waals surface area contributed by atoms with Crippen LogP contribution >= 0.6 is 0 Å². The van der Waals surface area contributed by atoms with Crippen LogP contribution in [0.4, 0.5) is 17.1 Å². The summed E-state index contributed by atoms with van der Waals surface area (Å²) in [6.45, 7) is 8.82. The van der Waals surface area contributed by atoms with Crippen molar-refractivity contribution in [3.63, 3.8) is 0 Å². The third-order valence-electron chi connectivity index (χ3n) is 9.89. The second kappa shape index (κ2) is 19.9. The van der Waals surface area contributed by atoms with Gasteiger partial charge in [0, 0.05) is 29.4 Å². The molecule has 0 bridgehead atoms. The number of aryl methyl sites for hydroxylation is 4. The fraction of sp³-hybridized carbons (Fsp3) is 0.205. The number of nitro groups is 2. The normalized spacial score (nSPS) is 10.7. The van der Waals surface area contributed by atoms with Crippen LogP contribution in [0.2, 0.25) is 0 Å². The molecule has 0 saturated heterocycles. The van der Waals surface area contributed by atoms with Gasteiger partial charge in [0.25, 0.3) is 5.69 Å². The number of carbonyl (C=O) groups is 1. The van der Waals surface area contributed by atoms with Crippen molar-refractivity contribution >= 4 is 78.0 Å². The number of benzene rings is 5. The number of para-hydroxylation sites is 1. The summed E-state index contributed by atoms with van der Waals surface area (Å²) in [5.41, 5.74) is 13.5. The molecule has 5 aromatic heterocycles. The van der Waals surface area contributed by atoms with Crippen molar-refractivity contribution in [2.24, 2.45) is 7.05 Å². The van der Waals surface area contributed by atoms with Crippen LogP contribution in [0.1, 0.15) is 47.8 Å². The zero-order valence-corrected chi connectivity index (χ0v) is 36.7. The van der Waals surface area contributed by atoms with Gasteiger partial charge in [0.2, 0.25) is 5.52 Å². The highest BCUT2D eigenvalue weighted by atomic mass is 16.6. The molecule has 0 aliphatic rings. The quantitative estimate of drug-likeness (QED) is 0.0298. The summed E-state index contributed by atoms with van der Waals surface area (Å²) in [5, 5.41) is 102. The summed E-state index contributed by atoms with van der Waals surface area (Å²) in [4.78, 5) is 34.6. The van der Waals surface area contributed by atoms with Crippen LogP contribution in [0.3, 0.4) is 0 Å². The highest BCUT2D eigenvalue weighted by molar-refractivity contribution is 5.97. The molecule has 0 aliphatic carbocycles. The predicted molar refractivity (Wildman–Crippen MR) is 236 cm³/mol. The summed E-state index contributed by atoms with van der Waals surface area (Å²) < 4.78 is 6.65. The van der Waals surface area contributed by atoms with Gasteiger partial charge in [0.1, 0.15) is 51.2 Å². The molecule has 6 N–H and O–H groups in total. The van der Waals surface area contributed by atoms with E-state index < -0.39 is 9.85 Å².